The van der Waals surface area contributed by atoms with Crippen LogP contribution in [0.2, 0.25) is 0 Å². The Balaban J connectivity index is 2.13. The highest BCUT2D eigenvalue weighted by Crippen LogP contribution is 2.27. The zero-order chi connectivity index (χ0) is 14.5. The molecule has 0 bridgehead atoms. The van der Waals surface area contributed by atoms with Crippen molar-refractivity contribution in [3.05, 3.63) is 35.7 Å². The number of hydrogen-bond acceptors (Lipinski definition) is 6. The summed E-state index contributed by atoms with van der Waals surface area (Å²) >= 11 is 1.52. The summed E-state index contributed by atoms with van der Waals surface area (Å²) in [5.41, 5.74) is 8.14. The fourth-order valence-electron chi connectivity index (χ4n) is 1.92. The molecule has 20 heavy (non-hydrogen) atoms. The lowest BCUT2D eigenvalue weighted by Gasteiger charge is -2.11. The van der Waals surface area contributed by atoms with E-state index in [9.17, 15) is 0 Å². The van der Waals surface area contributed by atoms with E-state index in [-0.39, 0.29) is 6.04 Å². The van der Waals surface area contributed by atoms with Gasteiger partial charge in [0.15, 0.2) is 0 Å². The van der Waals surface area contributed by atoms with E-state index < -0.39 is 0 Å². The highest BCUT2D eigenvalue weighted by atomic mass is 32.2. The van der Waals surface area contributed by atoms with Crippen LogP contribution in [0, 0.1) is 0 Å². The van der Waals surface area contributed by atoms with Crippen molar-refractivity contribution in [2.75, 3.05) is 13.0 Å². The summed E-state index contributed by atoms with van der Waals surface area (Å²) in [5.74, 6) is 7.26. The van der Waals surface area contributed by atoms with Crippen molar-refractivity contribution in [3.8, 4) is 5.75 Å². The zero-order valence-electron chi connectivity index (χ0n) is 11.6. The van der Waals surface area contributed by atoms with Crippen molar-refractivity contribution in [1.82, 2.24) is 14.9 Å². The molecule has 0 aliphatic carbocycles. The van der Waals surface area contributed by atoms with E-state index >= 15 is 0 Å². The second-order valence-electron chi connectivity index (χ2n) is 4.64. The van der Waals surface area contributed by atoms with E-state index in [1.54, 1.807) is 7.11 Å². The molecule has 2 aromatic rings. The van der Waals surface area contributed by atoms with Crippen LogP contribution in [0.1, 0.15) is 18.1 Å². The lowest BCUT2D eigenvalue weighted by atomic mass is 10.0. The van der Waals surface area contributed by atoms with Gasteiger partial charge in [-0.1, -0.05) is 23.9 Å². The lowest BCUT2D eigenvalue weighted by molar-refractivity contribution is 0.411. The Hall–Kier alpha value is -1.73. The zero-order valence-corrected chi connectivity index (χ0v) is 12.4. The lowest BCUT2D eigenvalue weighted by Crippen LogP contribution is -2.17. The van der Waals surface area contributed by atoms with Gasteiger partial charge in [-0.25, -0.2) is 4.68 Å². The van der Waals surface area contributed by atoms with E-state index in [4.69, 9.17) is 16.3 Å². The van der Waals surface area contributed by atoms with Crippen LogP contribution in [0.25, 0.3) is 0 Å². The molecule has 0 spiro atoms. The Kier molecular flexibility index (Phi) is 4.86. The summed E-state index contributed by atoms with van der Waals surface area (Å²) in [6.45, 7) is 2.00. The first-order valence-corrected chi connectivity index (χ1v) is 7.28. The number of thioether (sulfide) groups is 1. The first kappa shape index (κ1) is 14.7. The first-order valence-electron chi connectivity index (χ1n) is 6.29. The molecule has 1 aromatic heterocycles. The van der Waals surface area contributed by atoms with Crippen molar-refractivity contribution < 1.29 is 4.74 Å². The molecule has 108 valence electrons. The third-order valence-electron chi connectivity index (χ3n) is 2.80. The van der Waals surface area contributed by atoms with Gasteiger partial charge < -0.3 is 16.3 Å². The minimum atomic E-state index is 0.135. The number of benzene rings is 1. The normalized spacial score (nSPS) is 12.3. The fraction of sp³-hybridized carbons (Fsp3) is 0.385. The average Bonchev–Trinajstić information content (AvgIpc) is 2.81. The number of nitrogen functional groups attached to an aromatic ring is 1. The van der Waals surface area contributed by atoms with Gasteiger partial charge in [-0.2, -0.15) is 0 Å². The van der Waals surface area contributed by atoms with Crippen molar-refractivity contribution >= 4 is 11.8 Å². The highest BCUT2D eigenvalue weighted by Gasteiger charge is 2.09. The van der Waals surface area contributed by atoms with Gasteiger partial charge in [0, 0.05) is 17.4 Å². The van der Waals surface area contributed by atoms with E-state index in [1.807, 2.05) is 19.1 Å². The van der Waals surface area contributed by atoms with E-state index in [1.165, 1.54) is 28.3 Å². The summed E-state index contributed by atoms with van der Waals surface area (Å²) in [6, 6.07) is 6.27. The highest BCUT2D eigenvalue weighted by molar-refractivity contribution is 7.98. The molecule has 1 atom stereocenters. The molecule has 0 saturated carbocycles. The topological polar surface area (TPSA) is 92.0 Å². The van der Waals surface area contributed by atoms with Crippen molar-refractivity contribution in [2.45, 2.75) is 30.3 Å². The summed E-state index contributed by atoms with van der Waals surface area (Å²) in [4.78, 5) is 0. The van der Waals surface area contributed by atoms with Gasteiger partial charge in [0.1, 0.15) is 12.1 Å². The first-order chi connectivity index (χ1) is 9.60. The number of nitrogens with zero attached hydrogens (tertiary/aromatic N) is 3. The molecule has 2 rings (SSSR count). The Morgan fingerprint density at radius 3 is 2.85 bits per heavy atom. The summed E-state index contributed by atoms with van der Waals surface area (Å²) in [6.07, 6.45) is 2.32. The maximum absolute atomic E-state index is 5.84. The van der Waals surface area contributed by atoms with Gasteiger partial charge in [-0.15, -0.1) is 10.2 Å². The summed E-state index contributed by atoms with van der Waals surface area (Å²) < 4.78 is 6.79. The van der Waals surface area contributed by atoms with Crippen LogP contribution in [0.3, 0.4) is 0 Å². The largest absolute Gasteiger partial charge is 0.496 e. The van der Waals surface area contributed by atoms with Gasteiger partial charge >= 0.3 is 0 Å². The number of nitrogens with two attached hydrogens (primary N) is 2. The van der Waals surface area contributed by atoms with Crippen LogP contribution in [-0.2, 0) is 12.2 Å². The minimum Gasteiger partial charge on any atom is -0.496 e. The van der Waals surface area contributed by atoms with Crippen molar-refractivity contribution in [1.29, 1.82) is 0 Å². The average molecular weight is 293 g/mol. The molecule has 0 saturated heterocycles. The van der Waals surface area contributed by atoms with Crippen LogP contribution in [0.4, 0.5) is 0 Å². The third kappa shape index (κ3) is 3.64. The monoisotopic (exact) mass is 293 g/mol. The number of rotatable bonds is 6. The molecule has 0 aliphatic heterocycles. The Morgan fingerprint density at radius 1 is 1.45 bits per heavy atom. The molecular formula is C13H19N5OS. The second-order valence-corrected chi connectivity index (χ2v) is 5.58. The van der Waals surface area contributed by atoms with E-state index in [2.05, 4.69) is 16.3 Å². The van der Waals surface area contributed by atoms with Crippen molar-refractivity contribution in [2.24, 2.45) is 5.73 Å². The summed E-state index contributed by atoms with van der Waals surface area (Å²) in [5, 5.41) is 8.37. The SMILES string of the molecule is COc1ccc(CC(C)N)cc1CSc1nncn1N. The van der Waals surface area contributed by atoms with Gasteiger partial charge in [-0.05, 0) is 25.0 Å². The Morgan fingerprint density at radius 2 is 2.25 bits per heavy atom. The van der Waals surface area contributed by atoms with Crippen LogP contribution >= 0.6 is 11.8 Å². The number of ether oxygens (including phenoxy) is 1. The predicted molar refractivity (Wildman–Crippen MR) is 80.1 cm³/mol. The molecule has 1 aromatic carbocycles. The van der Waals surface area contributed by atoms with Crippen LogP contribution in [0.15, 0.2) is 29.7 Å². The molecule has 1 unspecified atom stereocenters. The Labute approximate surface area is 122 Å². The third-order valence-corrected chi connectivity index (χ3v) is 3.81. The smallest absolute Gasteiger partial charge is 0.209 e. The van der Waals surface area contributed by atoms with Gasteiger partial charge in [0.2, 0.25) is 5.16 Å². The molecule has 0 amide bonds. The van der Waals surface area contributed by atoms with Crippen molar-refractivity contribution in [3.63, 3.8) is 0 Å². The molecular weight excluding hydrogens is 274 g/mol. The molecule has 0 radical (unpaired) electrons. The van der Waals surface area contributed by atoms with Crippen LogP contribution in [-0.4, -0.2) is 28.0 Å². The molecule has 0 aliphatic rings. The quantitative estimate of drug-likeness (QED) is 0.614. The number of hydrogen-bond donors (Lipinski definition) is 2. The molecule has 0 fully saturated rings. The maximum atomic E-state index is 5.84. The van der Waals surface area contributed by atoms with Crippen LogP contribution in [0.5, 0.6) is 5.75 Å². The molecule has 6 nitrogen and oxygen atoms in total. The van der Waals surface area contributed by atoms with E-state index in [0.717, 1.165) is 17.7 Å². The fourth-order valence-corrected chi connectivity index (χ4v) is 2.73. The number of methoxy groups -OCH3 is 1. The number of aromatic nitrogens is 3. The maximum Gasteiger partial charge on any atom is 0.209 e. The molecule has 4 N–H and O–H groups in total. The van der Waals surface area contributed by atoms with Gasteiger partial charge in [0.05, 0.1) is 7.11 Å². The van der Waals surface area contributed by atoms with Gasteiger partial charge in [0.25, 0.3) is 0 Å². The van der Waals surface area contributed by atoms with Crippen LogP contribution < -0.4 is 16.3 Å². The second kappa shape index (κ2) is 6.62. The summed E-state index contributed by atoms with van der Waals surface area (Å²) in [7, 11) is 1.67. The Bertz CT molecular complexity index is 570. The van der Waals surface area contributed by atoms with E-state index in [0.29, 0.717) is 10.9 Å². The standard InChI is InChI=1S/C13H19N5OS/c1-9(14)5-10-3-4-12(19-2)11(6-10)7-20-13-17-16-8-18(13)15/h3-4,6,8-9H,5,7,14-15H2,1-2H3. The molecule has 1 heterocycles. The molecule has 7 heteroatoms. The minimum absolute atomic E-state index is 0.135. The predicted octanol–water partition coefficient (Wildman–Crippen LogP) is 1.18. The van der Waals surface area contributed by atoms with Gasteiger partial charge in [-0.3, -0.25) is 0 Å².